The van der Waals surface area contributed by atoms with Gasteiger partial charge >= 0.3 is 6.03 Å². The minimum absolute atomic E-state index is 0.258. The first-order valence-electron chi connectivity index (χ1n) is 17.0. The number of benzene rings is 2. The van der Waals surface area contributed by atoms with Crippen molar-refractivity contribution >= 4 is 85.9 Å². The number of nitrogens with zero attached hydrogens (tertiary/aromatic N) is 8. The molecule has 0 unspecified atom stereocenters. The number of carbonyl (C=O) groups is 2. The Morgan fingerprint density at radius 2 is 1.72 bits per heavy atom. The van der Waals surface area contributed by atoms with Gasteiger partial charge in [0.1, 0.15) is 24.2 Å². The van der Waals surface area contributed by atoms with Crippen LogP contribution in [0, 0.1) is 6.92 Å². The maximum atomic E-state index is 13.4. The molecule has 0 atom stereocenters. The smallest absolute Gasteiger partial charge is 0.328 e. The SMILES string of the molecule is COc1cc(N2CCN(Cc3ccc(N4CCC(=O)NC4=O)cn3)CC2)c(C)cc1Nc1ncc(Br)c(Nc2ccc3nccnc3c2P(C)(C)=O)n1. The van der Waals surface area contributed by atoms with Gasteiger partial charge in [0.15, 0.2) is 0 Å². The van der Waals surface area contributed by atoms with Crippen LogP contribution >= 0.6 is 23.1 Å². The van der Waals surface area contributed by atoms with E-state index >= 15 is 0 Å². The molecular formula is C36H39BrN11O4P. The topological polar surface area (TPSA) is 171 Å². The molecule has 2 aliphatic rings. The molecular weight excluding hydrogens is 761 g/mol. The quantitative estimate of drug-likeness (QED) is 0.154. The van der Waals surface area contributed by atoms with Crippen molar-refractivity contribution in [1.82, 2.24) is 35.1 Å². The molecule has 2 aromatic carbocycles. The van der Waals surface area contributed by atoms with Gasteiger partial charge in [-0.05, 0) is 72.1 Å². The first-order valence-corrected chi connectivity index (χ1v) is 20.4. The van der Waals surface area contributed by atoms with Crippen molar-refractivity contribution in [3.8, 4) is 5.75 Å². The van der Waals surface area contributed by atoms with Crippen LogP contribution in [0.25, 0.3) is 11.0 Å². The lowest BCUT2D eigenvalue weighted by Gasteiger charge is -2.37. The zero-order valence-electron chi connectivity index (χ0n) is 29.8. The van der Waals surface area contributed by atoms with Gasteiger partial charge in [0.05, 0.1) is 51.4 Å². The summed E-state index contributed by atoms with van der Waals surface area (Å²) in [6, 6.07) is 11.2. The van der Waals surface area contributed by atoms with Crippen LogP contribution in [0.2, 0.25) is 0 Å². The van der Waals surface area contributed by atoms with E-state index in [1.165, 1.54) is 4.90 Å². The van der Waals surface area contributed by atoms with Crippen LogP contribution in [-0.2, 0) is 15.9 Å². The Bertz CT molecular complexity index is 2240. The molecule has 2 aliphatic heterocycles. The number of anilines is 6. The molecule has 0 bridgehead atoms. The van der Waals surface area contributed by atoms with Crippen LogP contribution in [0.5, 0.6) is 5.75 Å². The highest BCUT2D eigenvalue weighted by atomic mass is 79.9. The van der Waals surface area contributed by atoms with Gasteiger partial charge in [-0.2, -0.15) is 4.98 Å². The highest BCUT2D eigenvalue weighted by Crippen LogP contribution is 2.41. The van der Waals surface area contributed by atoms with Crippen molar-refractivity contribution in [1.29, 1.82) is 0 Å². The van der Waals surface area contributed by atoms with Crippen LogP contribution in [0.1, 0.15) is 17.7 Å². The van der Waals surface area contributed by atoms with Crippen LogP contribution in [0.15, 0.2) is 65.7 Å². The number of rotatable bonds is 10. The van der Waals surface area contributed by atoms with Gasteiger partial charge in [-0.3, -0.25) is 34.9 Å². The molecule has 5 aromatic rings. The number of nitrogens with one attached hydrogen (secondary N) is 3. The van der Waals surface area contributed by atoms with Gasteiger partial charge in [0.2, 0.25) is 11.9 Å². The third-order valence-electron chi connectivity index (χ3n) is 9.19. The standard InChI is InChI=1S/C36H39BrN11O4P/c1-22-17-28(43-35-41-20-25(37)34(45-35)42-27-8-7-26-32(39-11-10-38-26)33(27)53(3,4)51)30(52-2)18-29(22)47-15-13-46(14-16-47)21-23-5-6-24(19-40-23)48-12-9-31(49)44-36(48)50/h5-8,10-11,17-20H,9,12-16,21H2,1-4H3,(H,44,49,50)(H2,41,42,43,45). The number of piperazine rings is 1. The van der Waals surface area contributed by atoms with E-state index in [0.29, 0.717) is 62.8 Å². The summed E-state index contributed by atoms with van der Waals surface area (Å²) in [5.41, 5.74) is 6.35. The fourth-order valence-corrected chi connectivity index (χ4v) is 8.26. The van der Waals surface area contributed by atoms with E-state index in [0.717, 1.165) is 48.8 Å². The maximum absolute atomic E-state index is 13.4. The van der Waals surface area contributed by atoms with Gasteiger partial charge in [-0.25, -0.2) is 9.78 Å². The van der Waals surface area contributed by atoms with E-state index in [2.05, 4.69) is 68.5 Å². The highest BCUT2D eigenvalue weighted by molar-refractivity contribution is 9.10. The molecule has 3 amide bonds. The van der Waals surface area contributed by atoms with Crippen LogP contribution in [0.3, 0.4) is 0 Å². The lowest BCUT2D eigenvalue weighted by Crippen LogP contribution is -2.49. The van der Waals surface area contributed by atoms with Crippen LogP contribution < -0.4 is 35.8 Å². The van der Waals surface area contributed by atoms with E-state index in [4.69, 9.17) is 9.72 Å². The molecule has 5 heterocycles. The molecule has 0 saturated carbocycles. The normalized spacial score (nSPS) is 15.4. The Morgan fingerprint density at radius 3 is 2.43 bits per heavy atom. The molecule has 17 heteroatoms. The van der Waals surface area contributed by atoms with E-state index in [9.17, 15) is 14.2 Å². The van der Waals surface area contributed by atoms with E-state index in [-0.39, 0.29) is 12.3 Å². The number of halogens is 1. The summed E-state index contributed by atoms with van der Waals surface area (Å²) in [5, 5.41) is 9.62. The number of pyridine rings is 1. The molecule has 0 aliphatic carbocycles. The van der Waals surface area contributed by atoms with Crippen molar-refractivity contribution in [3.05, 3.63) is 76.9 Å². The largest absolute Gasteiger partial charge is 0.494 e. The fourth-order valence-electron chi connectivity index (χ4n) is 6.57. The molecule has 0 spiro atoms. The third-order valence-corrected chi connectivity index (χ3v) is 11.3. The van der Waals surface area contributed by atoms with Crippen LogP contribution in [-0.4, -0.2) is 94.9 Å². The monoisotopic (exact) mass is 799 g/mol. The Balaban J connectivity index is 1.02. The summed E-state index contributed by atoms with van der Waals surface area (Å²) < 4.78 is 19.9. The summed E-state index contributed by atoms with van der Waals surface area (Å²) in [6.07, 6.45) is 6.83. The lowest BCUT2D eigenvalue weighted by molar-refractivity contribution is -0.120. The average molecular weight is 801 g/mol. The maximum Gasteiger partial charge on any atom is 0.328 e. The van der Waals surface area contributed by atoms with Crippen molar-refractivity contribution in [2.24, 2.45) is 0 Å². The van der Waals surface area contributed by atoms with Crippen molar-refractivity contribution < 1.29 is 18.9 Å². The predicted octanol–water partition coefficient (Wildman–Crippen LogP) is 5.40. The molecule has 7 rings (SSSR count). The summed E-state index contributed by atoms with van der Waals surface area (Å²) >= 11 is 3.56. The number of fused-ring (bicyclic) bond motifs is 1. The predicted molar refractivity (Wildman–Crippen MR) is 210 cm³/mol. The minimum Gasteiger partial charge on any atom is -0.494 e. The number of aromatic nitrogens is 5. The van der Waals surface area contributed by atoms with Gasteiger partial charge in [-0.1, -0.05) is 0 Å². The number of aryl methyl sites for hydroxylation is 1. The molecule has 274 valence electrons. The first-order chi connectivity index (χ1) is 25.5. The highest BCUT2D eigenvalue weighted by Gasteiger charge is 2.26. The number of imide groups is 1. The van der Waals surface area contributed by atoms with E-state index in [1.54, 1.807) is 45.2 Å². The second kappa shape index (κ2) is 15.0. The summed E-state index contributed by atoms with van der Waals surface area (Å²) in [4.78, 5) is 52.6. The lowest BCUT2D eigenvalue weighted by atomic mass is 10.1. The minimum atomic E-state index is -2.77. The summed E-state index contributed by atoms with van der Waals surface area (Å²) in [7, 11) is -1.13. The Hall–Kier alpha value is -5.18. The number of ether oxygens (including phenoxy) is 1. The molecule has 2 saturated heterocycles. The first kappa shape index (κ1) is 36.2. The molecule has 3 N–H and O–H groups in total. The van der Waals surface area contributed by atoms with E-state index < -0.39 is 13.2 Å². The Labute approximate surface area is 315 Å². The van der Waals surface area contributed by atoms with Crippen LogP contribution in [0.4, 0.5) is 39.3 Å². The molecule has 2 fully saturated rings. The Kier molecular flexibility index (Phi) is 10.3. The molecule has 15 nitrogen and oxygen atoms in total. The van der Waals surface area contributed by atoms with Crippen molar-refractivity contribution in [2.45, 2.75) is 19.9 Å². The van der Waals surface area contributed by atoms with Gasteiger partial charge < -0.3 is 24.8 Å². The summed E-state index contributed by atoms with van der Waals surface area (Å²) in [6.45, 7) is 9.89. The summed E-state index contributed by atoms with van der Waals surface area (Å²) in [5.74, 6) is 1.23. The Morgan fingerprint density at radius 1 is 0.925 bits per heavy atom. The number of methoxy groups -OCH3 is 1. The van der Waals surface area contributed by atoms with Crippen molar-refractivity contribution in [3.63, 3.8) is 0 Å². The number of amides is 3. The van der Waals surface area contributed by atoms with Crippen molar-refractivity contribution in [2.75, 3.05) is 73.6 Å². The number of hydrogen-bond donors (Lipinski definition) is 3. The molecule has 3 aromatic heterocycles. The van der Waals surface area contributed by atoms with E-state index in [1.807, 2.05) is 36.4 Å². The van der Waals surface area contributed by atoms with Gasteiger partial charge in [0, 0.05) is 76.0 Å². The number of hydrogen-bond acceptors (Lipinski definition) is 13. The number of urea groups is 1. The van der Waals surface area contributed by atoms with Gasteiger partial charge in [-0.15, -0.1) is 0 Å². The third kappa shape index (κ3) is 7.94. The number of carbonyl (C=O) groups excluding carboxylic acids is 2. The molecule has 0 radical (unpaired) electrons. The molecule has 53 heavy (non-hydrogen) atoms. The second-order valence-electron chi connectivity index (χ2n) is 13.2. The fraction of sp³-hybridized carbons (Fsp3) is 0.306. The zero-order valence-corrected chi connectivity index (χ0v) is 32.2. The van der Waals surface area contributed by atoms with Gasteiger partial charge in [0.25, 0.3) is 0 Å². The average Bonchev–Trinajstić information content (AvgIpc) is 3.13. The zero-order chi connectivity index (χ0) is 37.3. The second-order valence-corrected chi connectivity index (χ2v) is 17.2.